The summed E-state index contributed by atoms with van der Waals surface area (Å²) >= 11 is 0. The van der Waals surface area contributed by atoms with Crippen molar-refractivity contribution >= 4 is 11.9 Å². The number of nitrogens with two attached hydrogens (primary N) is 5. The zero-order valence-corrected chi connectivity index (χ0v) is 23.9. The van der Waals surface area contributed by atoms with Crippen LogP contribution in [-0.4, -0.2) is 92.2 Å². The van der Waals surface area contributed by atoms with E-state index in [-0.39, 0.29) is 23.8 Å². The number of fused-ring (bicyclic) bond motifs is 3. The van der Waals surface area contributed by atoms with Gasteiger partial charge in [0, 0.05) is 51.4 Å². The highest BCUT2D eigenvalue weighted by molar-refractivity contribution is 5.79. The Labute approximate surface area is 214 Å². The van der Waals surface area contributed by atoms with Crippen molar-refractivity contribution in [3.05, 3.63) is 0 Å². The van der Waals surface area contributed by atoms with Gasteiger partial charge in [0.2, 0.25) is 5.91 Å². The van der Waals surface area contributed by atoms with Crippen LogP contribution in [0, 0.1) is 23.7 Å². The average Bonchev–Trinajstić information content (AvgIpc) is 2.83. The predicted octanol–water partition coefficient (Wildman–Crippen LogP) is 0.168. The lowest BCUT2D eigenvalue weighted by atomic mass is 9.97. The maximum Gasteiger partial charge on any atom is 0.322 e. The first-order chi connectivity index (χ1) is 16.1. The third-order valence-corrected chi connectivity index (χ3v) is 6.46. The van der Waals surface area contributed by atoms with E-state index in [0.29, 0.717) is 12.5 Å². The minimum absolute atomic E-state index is 0.146. The molecular formula is C25H57N7O3. The third-order valence-electron chi connectivity index (χ3n) is 6.46. The topological polar surface area (TPSA) is 180 Å². The van der Waals surface area contributed by atoms with Crippen molar-refractivity contribution in [3.8, 4) is 0 Å². The van der Waals surface area contributed by atoms with E-state index in [9.17, 15) is 9.59 Å². The molecule has 3 fully saturated rings. The van der Waals surface area contributed by atoms with E-state index in [0.717, 1.165) is 12.0 Å². The van der Waals surface area contributed by atoms with Crippen LogP contribution in [0.15, 0.2) is 0 Å². The molecule has 1 unspecified atom stereocenters. The second-order valence-electron chi connectivity index (χ2n) is 10.8. The van der Waals surface area contributed by atoms with Gasteiger partial charge in [-0.15, -0.1) is 0 Å². The molecule has 3 rings (SSSR count). The van der Waals surface area contributed by atoms with Gasteiger partial charge in [-0.3, -0.25) is 19.4 Å². The van der Waals surface area contributed by atoms with Crippen LogP contribution in [0.2, 0.25) is 0 Å². The number of hydrogen-bond acceptors (Lipinski definition) is 9. The van der Waals surface area contributed by atoms with Gasteiger partial charge in [0.05, 0.1) is 13.2 Å². The number of ether oxygens (including phenoxy) is 1. The molecule has 3 aliphatic rings. The summed E-state index contributed by atoms with van der Waals surface area (Å²) in [7, 11) is 1.34. The van der Waals surface area contributed by atoms with E-state index >= 15 is 0 Å². The number of carbonyl (C=O) groups excluding carboxylic acids is 2. The average molecular weight is 504 g/mol. The second-order valence-corrected chi connectivity index (χ2v) is 10.8. The minimum atomic E-state index is -0.491. The highest BCUT2D eigenvalue weighted by Crippen LogP contribution is 2.20. The van der Waals surface area contributed by atoms with Crippen molar-refractivity contribution in [2.24, 2.45) is 52.3 Å². The maximum atomic E-state index is 10.6. The number of rotatable bonds is 7. The van der Waals surface area contributed by atoms with Gasteiger partial charge in [-0.25, -0.2) is 0 Å². The SMILES string of the molecule is CC(C)C1CN2CCN1CC2.CC(C)[C@H](N)C(N)=O.CC(C)[C@H](N)CN.COC(=O)[C@@H](N)C(C)C. The zero-order chi connectivity index (χ0) is 27.9. The van der Waals surface area contributed by atoms with E-state index in [1.165, 1.54) is 39.8 Å². The van der Waals surface area contributed by atoms with Crippen LogP contribution in [0.25, 0.3) is 0 Å². The minimum Gasteiger partial charge on any atom is -0.468 e. The van der Waals surface area contributed by atoms with Gasteiger partial charge in [-0.2, -0.15) is 0 Å². The predicted molar refractivity (Wildman–Crippen MR) is 145 cm³/mol. The molecule has 0 spiro atoms. The van der Waals surface area contributed by atoms with E-state index in [2.05, 4.69) is 42.2 Å². The molecule has 0 aliphatic carbocycles. The molecule has 3 saturated heterocycles. The Morgan fingerprint density at radius 1 is 0.829 bits per heavy atom. The summed E-state index contributed by atoms with van der Waals surface area (Å²) in [6.07, 6.45) is 0. The largest absolute Gasteiger partial charge is 0.468 e. The van der Waals surface area contributed by atoms with Crippen molar-refractivity contribution in [1.82, 2.24) is 9.80 Å². The molecule has 3 aliphatic heterocycles. The second kappa shape index (κ2) is 18.9. The van der Waals surface area contributed by atoms with Crippen molar-refractivity contribution < 1.29 is 14.3 Å². The molecule has 2 bridgehead atoms. The number of nitrogens with zero attached hydrogens (tertiary/aromatic N) is 2. The fraction of sp³-hybridized carbons (Fsp3) is 0.920. The molecule has 10 heteroatoms. The van der Waals surface area contributed by atoms with Crippen LogP contribution in [0.1, 0.15) is 55.4 Å². The van der Waals surface area contributed by atoms with Crippen molar-refractivity contribution in [1.29, 1.82) is 0 Å². The first kappa shape index (κ1) is 35.9. The zero-order valence-electron chi connectivity index (χ0n) is 23.9. The summed E-state index contributed by atoms with van der Waals surface area (Å²) in [6.45, 7) is 23.4. The number of primary amides is 1. The van der Waals surface area contributed by atoms with Crippen LogP contribution in [0.5, 0.6) is 0 Å². The molecular weight excluding hydrogens is 446 g/mol. The van der Waals surface area contributed by atoms with Crippen LogP contribution >= 0.6 is 0 Å². The molecule has 4 atom stereocenters. The number of carbonyl (C=O) groups is 2. The van der Waals surface area contributed by atoms with Crippen LogP contribution in [-0.2, 0) is 14.3 Å². The van der Waals surface area contributed by atoms with Gasteiger partial charge in [-0.05, 0) is 23.7 Å². The quantitative estimate of drug-likeness (QED) is 0.302. The molecule has 10 nitrogen and oxygen atoms in total. The summed E-state index contributed by atoms with van der Waals surface area (Å²) in [5.41, 5.74) is 26.3. The van der Waals surface area contributed by atoms with Gasteiger partial charge >= 0.3 is 5.97 Å². The third kappa shape index (κ3) is 15.4. The Bertz CT molecular complexity index is 565. The molecule has 35 heavy (non-hydrogen) atoms. The molecule has 0 aromatic heterocycles. The Morgan fingerprint density at radius 3 is 1.40 bits per heavy atom. The Morgan fingerprint density at radius 2 is 1.29 bits per heavy atom. The van der Waals surface area contributed by atoms with Gasteiger partial charge in [0.1, 0.15) is 6.04 Å². The number of methoxy groups -OCH3 is 1. The van der Waals surface area contributed by atoms with Gasteiger partial charge in [-0.1, -0.05) is 55.4 Å². The normalized spacial score (nSPS) is 23.3. The summed E-state index contributed by atoms with van der Waals surface area (Å²) in [4.78, 5) is 26.1. The van der Waals surface area contributed by atoms with Crippen LogP contribution in [0.3, 0.4) is 0 Å². The molecule has 3 heterocycles. The Balaban J connectivity index is 0. The summed E-state index contributed by atoms with van der Waals surface area (Å²) in [6, 6.07) is 0.0579. The summed E-state index contributed by atoms with van der Waals surface area (Å²) in [5.74, 6) is 0.873. The first-order valence-corrected chi connectivity index (χ1v) is 12.9. The molecule has 0 radical (unpaired) electrons. The van der Waals surface area contributed by atoms with Gasteiger partial charge in [0.25, 0.3) is 0 Å². The Hall–Kier alpha value is -1.30. The summed E-state index contributed by atoms with van der Waals surface area (Å²) in [5, 5.41) is 0. The lowest BCUT2D eigenvalue weighted by Crippen LogP contribution is -2.62. The molecule has 210 valence electrons. The summed E-state index contributed by atoms with van der Waals surface area (Å²) < 4.78 is 4.41. The maximum absolute atomic E-state index is 10.6. The number of esters is 1. The van der Waals surface area contributed by atoms with E-state index in [1.807, 2.05) is 27.7 Å². The van der Waals surface area contributed by atoms with Crippen LogP contribution < -0.4 is 28.7 Å². The molecule has 0 aromatic carbocycles. The van der Waals surface area contributed by atoms with E-state index in [4.69, 9.17) is 28.7 Å². The highest BCUT2D eigenvalue weighted by atomic mass is 16.5. The molecule has 0 saturated carbocycles. The van der Waals surface area contributed by atoms with Gasteiger partial charge < -0.3 is 33.4 Å². The fourth-order valence-electron chi connectivity index (χ4n) is 3.30. The lowest BCUT2D eigenvalue weighted by Gasteiger charge is -2.49. The van der Waals surface area contributed by atoms with Gasteiger partial charge in [0.15, 0.2) is 0 Å². The number of piperazine rings is 3. The highest BCUT2D eigenvalue weighted by Gasteiger charge is 2.33. The standard InChI is InChI=1S/C9H18N2.C6H13NO2.C5H12N2O.C5H14N2/c1-8(2)9-7-10-3-5-11(9)6-4-10;1-4(2)5(7)6(8)9-3;1-3(2)4(6)5(7)8;1-4(2)5(7)3-6/h8-9H,3-7H2,1-2H3;4-5H,7H2,1-3H3;3-4H,6H2,1-2H3,(H2,7,8);4-5H,3,6-7H2,1-2H3/t;5-;4-;5-/m.001/s1. The van der Waals surface area contributed by atoms with E-state index < -0.39 is 18.0 Å². The van der Waals surface area contributed by atoms with Crippen molar-refractivity contribution in [2.75, 3.05) is 46.4 Å². The van der Waals surface area contributed by atoms with Crippen molar-refractivity contribution in [3.63, 3.8) is 0 Å². The fourth-order valence-corrected chi connectivity index (χ4v) is 3.30. The Kier molecular flexibility index (Phi) is 19.4. The first-order valence-electron chi connectivity index (χ1n) is 12.9. The monoisotopic (exact) mass is 503 g/mol. The van der Waals surface area contributed by atoms with Crippen molar-refractivity contribution in [2.45, 2.75) is 79.6 Å². The molecule has 10 N–H and O–H groups in total. The number of hydrogen-bond donors (Lipinski definition) is 5. The lowest BCUT2D eigenvalue weighted by molar-refractivity contribution is -0.143. The van der Waals surface area contributed by atoms with E-state index in [1.54, 1.807) is 0 Å². The number of amides is 1. The molecule has 1 amide bonds. The molecule has 0 aromatic rings. The van der Waals surface area contributed by atoms with Crippen LogP contribution in [0.4, 0.5) is 0 Å². The smallest absolute Gasteiger partial charge is 0.322 e.